The molecule has 1 aromatic heterocycles. The summed E-state index contributed by atoms with van der Waals surface area (Å²) in [7, 11) is 1.02. The molecule has 0 aliphatic heterocycles. The lowest BCUT2D eigenvalue weighted by Crippen LogP contribution is -2.17. The summed E-state index contributed by atoms with van der Waals surface area (Å²) in [5.41, 5.74) is 2.35. The molecule has 52 valence electrons. The van der Waals surface area contributed by atoms with Crippen molar-refractivity contribution in [3.05, 3.63) is 17.7 Å². The maximum absolute atomic E-state index is 4.23. The van der Waals surface area contributed by atoms with Crippen LogP contribution in [0.5, 0.6) is 0 Å². The Morgan fingerprint density at radius 1 is 1.40 bits per heavy atom. The van der Waals surface area contributed by atoms with Crippen LogP contribution in [0.3, 0.4) is 0 Å². The van der Waals surface area contributed by atoms with Crippen LogP contribution in [0.15, 0.2) is 6.20 Å². The second kappa shape index (κ2) is 2.82. The molecule has 0 amide bonds. The lowest BCUT2D eigenvalue weighted by atomic mass is 9.73. The van der Waals surface area contributed by atoms with Crippen molar-refractivity contribution in [3.63, 3.8) is 0 Å². The van der Waals surface area contributed by atoms with Crippen molar-refractivity contribution in [2.45, 2.75) is 20.7 Å². The molecule has 0 unspecified atom stereocenters. The van der Waals surface area contributed by atoms with E-state index in [0.717, 1.165) is 18.8 Å². The monoisotopic (exact) mass is 134 g/mol. The van der Waals surface area contributed by atoms with E-state index in [1.165, 1.54) is 5.46 Å². The molecule has 1 rings (SSSR count). The van der Waals surface area contributed by atoms with E-state index in [1.54, 1.807) is 0 Å². The Morgan fingerprint density at radius 2 is 2.10 bits per heavy atom. The van der Waals surface area contributed by atoms with Crippen LogP contribution in [0, 0.1) is 13.8 Å². The van der Waals surface area contributed by atoms with Gasteiger partial charge in [0, 0.05) is 11.9 Å². The summed E-state index contributed by atoms with van der Waals surface area (Å²) >= 11 is 0. The lowest BCUT2D eigenvalue weighted by Gasteiger charge is -1.99. The van der Waals surface area contributed by atoms with Crippen molar-refractivity contribution in [2.24, 2.45) is 0 Å². The molecule has 10 heavy (non-hydrogen) atoms. The lowest BCUT2D eigenvalue weighted by molar-refractivity contribution is 1.02. The van der Waals surface area contributed by atoms with E-state index >= 15 is 0 Å². The molecule has 0 atom stereocenters. The maximum Gasteiger partial charge on any atom is 0.159 e. The average molecular weight is 134 g/mol. The molecule has 2 nitrogen and oxygen atoms in total. The largest absolute Gasteiger partial charge is 0.242 e. The summed E-state index contributed by atoms with van der Waals surface area (Å²) in [6.45, 7) is 6.04. The van der Waals surface area contributed by atoms with Gasteiger partial charge in [0.05, 0.1) is 0 Å². The molecular weight excluding hydrogens is 123 g/mol. The second-order valence-corrected chi connectivity index (χ2v) is 2.38. The van der Waals surface area contributed by atoms with Gasteiger partial charge in [0.1, 0.15) is 5.82 Å². The van der Waals surface area contributed by atoms with Crippen molar-refractivity contribution in [2.75, 3.05) is 0 Å². The summed E-state index contributed by atoms with van der Waals surface area (Å²) in [4.78, 5) is 8.33. The van der Waals surface area contributed by atoms with E-state index in [0.29, 0.717) is 0 Å². The Morgan fingerprint density at radius 3 is 2.60 bits per heavy atom. The first-order chi connectivity index (χ1) is 4.74. The molecule has 0 N–H and O–H groups in total. The first-order valence-electron chi connectivity index (χ1n) is 3.53. The van der Waals surface area contributed by atoms with Crippen molar-refractivity contribution in [3.8, 4) is 0 Å². The van der Waals surface area contributed by atoms with Crippen LogP contribution < -0.4 is 5.46 Å². The highest BCUT2D eigenvalue weighted by molar-refractivity contribution is 6.52. The summed E-state index contributed by atoms with van der Waals surface area (Å²) in [6.07, 6.45) is 1.90. The van der Waals surface area contributed by atoms with Crippen LogP contribution in [-0.2, 0) is 0 Å². The van der Waals surface area contributed by atoms with Crippen LogP contribution in [0.4, 0.5) is 0 Å². The third-order valence-corrected chi connectivity index (χ3v) is 1.58. The molecule has 0 radical (unpaired) electrons. The molecule has 0 aliphatic rings. The van der Waals surface area contributed by atoms with Gasteiger partial charge >= 0.3 is 0 Å². The fourth-order valence-electron chi connectivity index (χ4n) is 0.955. The van der Waals surface area contributed by atoms with Gasteiger partial charge in [-0.05, 0) is 19.3 Å². The van der Waals surface area contributed by atoms with Gasteiger partial charge in [0.2, 0.25) is 0 Å². The SMILES string of the molecule is CBc1cnc(C)nc1C. The van der Waals surface area contributed by atoms with Crippen molar-refractivity contribution in [1.29, 1.82) is 0 Å². The highest BCUT2D eigenvalue weighted by Gasteiger charge is 1.97. The maximum atomic E-state index is 4.23. The quantitative estimate of drug-likeness (QED) is 0.513. The van der Waals surface area contributed by atoms with Crippen molar-refractivity contribution in [1.82, 2.24) is 9.97 Å². The zero-order valence-electron chi connectivity index (χ0n) is 6.68. The van der Waals surface area contributed by atoms with Crippen LogP contribution >= 0.6 is 0 Å². The van der Waals surface area contributed by atoms with E-state index in [1.807, 2.05) is 20.0 Å². The fourth-order valence-corrected chi connectivity index (χ4v) is 0.955. The molecule has 1 aromatic rings. The van der Waals surface area contributed by atoms with Gasteiger partial charge in [-0.3, -0.25) is 0 Å². The molecule has 0 saturated heterocycles. The Bertz CT molecular complexity index is 235. The van der Waals surface area contributed by atoms with Crippen molar-refractivity contribution < 1.29 is 0 Å². The van der Waals surface area contributed by atoms with Gasteiger partial charge in [-0.25, -0.2) is 9.97 Å². The predicted octanol–water partition coefficient (Wildman–Crippen LogP) is 0.203. The zero-order chi connectivity index (χ0) is 7.56. The van der Waals surface area contributed by atoms with Crippen LogP contribution in [0.1, 0.15) is 11.5 Å². The van der Waals surface area contributed by atoms with Gasteiger partial charge in [0.25, 0.3) is 0 Å². The van der Waals surface area contributed by atoms with Crippen LogP contribution in [0.2, 0.25) is 6.82 Å². The average Bonchev–Trinajstić information content (AvgIpc) is 1.88. The molecular formula is C7H11BN2. The van der Waals surface area contributed by atoms with E-state index in [2.05, 4.69) is 16.8 Å². The van der Waals surface area contributed by atoms with Crippen LogP contribution in [-0.4, -0.2) is 17.2 Å². The molecule has 0 aromatic carbocycles. The summed E-state index contributed by atoms with van der Waals surface area (Å²) in [5.74, 6) is 0.856. The molecule has 0 spiro atoms. The minimum absolute atomic E-state index is 0.856. The zero-order valence-corrected chi connectivity index (χ0v) is 6.68. The van der Waals surface area contributed by atoms with Gasteiger partial charge in [-0.1, -0.05) is 6.82 Å². The highest BCUT2D eigenvalue weighted by Crippen LogP contribution is 1.87. The molecule has 1 heterocycles. The normalized spacial score (nSPS) is 9.50. The first-order valence-corrected chi connectivity index (χ1v) is 3.53. The second-order valence-electron chi connectivity index (χ2n) is 2.38. The predicted molar refractivity (Wildman–Crippen MR) is 44.2 cm³/mol. The fraction of sp³-hybridized carbons (Fsp3) is 0.429. The number of aryl methyl sites for hydroxylation is 2. The van der Waals surface area contributed by atoms with Crippen molar-refractivity contribution >= 4 is 12.7 Å². The molecule has 3 heteroatoms. The standard InChI is InChI=1S/C7H11BN2/c1-5-7(8-3)4-9-6(2)10-5/h4,8H,1-3H3. The Balaban J connectivity index is 3.07. The Labute approximate surface area is 62.0 Å². The molecule has 0 aliphatic carbocycles. The summed E-state index contributed by atoms with van der Waals surface area (Å²) in [6, 6.07) is 0. The molecule has 0 saturated carbocycles. The third kappa shape index (κ3) is 1.35. The van der Waals surface area contributed by atoms with Gasteiger partial charge < -0.3 is 0 Å². The first kappa shape index (κ1) is 7.25. The third-order valence-electron chi connectivity index (χ3n) is 1.58. The smallest absolute Gasteiger partial charge is 0.159 e. The minimum Gasteiger partial charge on any atom is -0.242 e. The van der Waals surface area contributed by atoms with E-state index in [9.17, 15) is 0 Å². The number of hydrogen-bond acceptors (Lipinski definition) is 2. The summed E-state index contributed by atoms with van der Waals surface area (Å²) < 4.78 is 0. The highest BCUT2D eigenvalue weighted by atomic mass is 14.9. The molecule has 0 fully saturated rings. The van der Waals surface area contributed by atoms with E-state index in [-0.39, 0.29) is 0 Å². The van der Waals surface area contributed by atoms with E-state index < -0.39 is 0 Å². The van der Waals surface area contributed by atoms with Gasteiger partial charge in [0.15, 0.2) is 7.28 Å². The number of rotatable bonds is 1. The molecule has 0 bridgehead atoms. The number of hydrogen-bond donors (Lipinski definition) is 0. The number of aromatic nitrogens is 2. The van der Waals surface area contributed by atoms with Crippen LogP contribution in [0.25, 0.3) is 0 Å². The minimum atomic E-state index is 0.856. The summed E-state index contributed by atoms with van der Waals surface area (Å²) in [5, 5.41) is 0. The van der Waals surface area contributed by atoms with E-state index in [4.69, 9.17) is 0 Å². The number of nitrogens with zero attached hydrogens (tertiary/aromatic N) is 2. The van der Waals surface area contributed by atoms with Gasteiger partial charge in [-0.15, -0.1) is 0 Å². The topological polar surface area (TPSA) is 25.8 Å². The Kier molecular flexibility index (Phi) is 2.04. The van der Waals surface area contributed by atoms with Gasteiger partial charge in [-0.2, -0.15) is 0 Å². The Hall–Kier alpha value is -0.855.